The van der Waals surface area contributed by atoms with E-state index < -0.39 is 30.7 Å². The van der Waals surface area contributed by atoms with E-state index in [-0.39, 0.29) is 28.1 Å². The van der Waals surface area contributed by atoms with E-state index in [2.05, 4.69) is 21.0 Å². The Morgan fingerprint density at radius 2 is 1.82 bits per heavy atom. The van der Waals surface area contributed by atoms with Crippen molar-refractivity contribution in [3.8, 4) is 11.5 Å². The second-order valence-electron chi connectivity index (χ2n) is 4.96. The summed E-state index contributed by atoms with van der Waals surface area (Å²) in [6.07, 6.45) is -5.96. The molecule has 0 aromatic heterocycles. The fraction of sp³-hybridized carbons (Fsp3) is 0.429. The lowest BCUT2D eigenvalue weighted by molar-refractivity contribution is -0.361. The minimum Gasteiger partial charge on any atom is -0.490 e. The molecular weight excluding hydrogens is 473 g/mol. The number of aliphatic carboxylic acids is 1. The summed E-state index contributed by atoms with van der Waals surface area (Å²) in [6, 6.07) is -3.42. The molecule has 28 heavy (non-hydrogen) atoms. The van der Waals surface area contributed by atoms with Crippen molar-refractivity contribution >= 4 is 28.1 Å². The van der Waals surface area contributed by atoms with Gasteiger partial charge in [-0.05, 0) is 40.5 Å². The van der Waals surface area contributed by atoms with E-state index in [1.54, 1.807) is 6.92 Å². The van der Waals surface area contributed by atoms with Gasteiger partial charge in [0.05, 0.1) is 17.3 Å². The zero-order valence-electron chi connectivity index (χ0n) is 13.8. The molecule has 0 fully saturated rings. The van der Waals surface area contributed by atoms with Gasteiger partial charge in [-0.2, -0.15) is 35.8 Å². The summed E-state index contributed by atoms with van der Waals surface area (Å²) in [7, 11) is 0. The minimum atomic E-state index is -6.49. The maximum atomic E-state index is 13.1. The number of carboxylic acids is 1. The third-order valence-corrected chi connectivity index (χ3v) is 3.43. The highest BCUT2D eigenvalue weighted by atomic mass is 79.9. The molecule has 14 heteroatoms. The molecule has 1 rings (SSSR count). The molecule has 2 N–H and O–H groups in total. The average Bonchev–Trinajstić information content (AvgIpc) is 2.52. The Hall–Kier alpha value is -2.25. The second-order valence-corrected chi connectivity index (χ2v) is 5.82. The van der Waals surface area contributed by atoms with Gasteiger partial charge in [0.25, 0.3) is 0 Å². The number of hydrogen-bond acceptors (Lipinski definition) is 5. The standard InChI is InChI=1S/C14H12BrF7N2O4/c1-2-27-9-4-7(3-8(15)11(9)28-6-10(25)26)5-23-24-14(21,22)12(16,17)13(18,19)20/h3-5,24H,2,6H2,1H3,(H,25,26)/b23-5+. The number of ether oxygens (including phenoxy) is 2. The highest BCUT2D eigenvalue weighted by molar-refractivity contribution is 9.10. The molecule has 158 valence electrons. The first-order chi connectivity index (χ1) is 12.7. The number of benzene rings is 1. The number of rotatable bonds is 9. The van der Waals surface area contributed by atoms with Gasteiger partial charge in [0.15, 0.2) is 18.1 Å². The number of nitrogens with one attached hydrogen (secondary N) is 1. The van der Waals surface area contributed by atoms with Crippen LogP contribution < -0.4 is 14.9 Å². The molecule has 1 aromatic rings. The molecule has 1 aromatic carbocycles. The SMILES string of the molecule is CCOc1cc(/C=N/NC(F)(F)C(F)(F)C(F)(F)F)cc(Br)c1OCC(=O)O. The second kappa shape index (κ2) is 8.84. The van der Waals surface area contributed by atoms with E-state index in [0.29, 0.717) is 11.6 Å². The number of halogens is 8. The van der Waals surface area contributed by atoms with Crippen molar-refractivity contribution in [2.24, 2.45) is 5.10 Å². The molecule has 0 aliphatic carbocycles. The third-order valence-electron chi connectivity index (χ3n) is 2.84. The fourth-order valence-corrected chi connectivity index (χ4v) is 2.21. The first kappa shape index (κ1) is 23.8. The largest absolute Gasteiger partial charge is 0.490 e. The molecule has 0 heterocycles. The van der Waals surface area contributed by atoms with E-state index in [9.17, 15) is 35.5 Å². The Bertz CT molecular complexity index is 741. The predicted octanol–water partition coefficient (Wildman–Crippen LogP) is 4.03. The van der Waals surface area contributed by atoms with Crippen LogP contribution >= 0.6 is 15.9 Å². The van der Waals surface area contributed by atoms with Crippen LogP contribution in [-0.2, 0) is 4.79 Å². The Balaban J connectivity index is 3.07. The Morgan fingerprint density at radius 3 is 2.32 bits per heavy atom. The van der Waals surface area contributed by atoms with Crippen LogP contribution in [0, 0.1) is 0 Å². The van der Waals surface area contributed by atoms with Crippen LogP contribution in [0.25, 0.3) is 0 Å². The average molecular weight is 485 g/mol. The fourth-order valence-electron chi connectivity index (χ4n) is 1.64. The number of carboxylic acid groups (broad SMARTS) is 1. The maximum Gasteiger partial charge on any atom is 0.462 e. The molecule has 0 amide bonds. The first-order valence-electron chi connectivity index (χ1n) is 7.16. The van der Waals surface area contributed by atoms with Crippen molar-refractivity contribution in [1.29, 1.82) is 0 Å². The number of nitrogens with zero attached hydrogens (tertiary/aromatic N) is 1. The van der Waals surface area contributed by atoms with Crippen LogP contribution in [-0.4, -0.2) is 48.6 Å². The maximum absolute atomic E-state index is 13.1. The number of hydrogen-bond donors (Lipinski definition) is 2. The molecular formula is C14H12BrF7N2O4. The molecule has 0 unspecified atom stereocenters. The summed E-state index contributed by atoms with van der Waals surface area (Å²) < 4.78 is 98.2. The number of alkyl halides is 7. The summed E-state index contributed by atoms with van der Waals surface area (Å²) in [6.45, 7) is 0.925. The highest BCUT2D eigenvalue weighted by Crippen LogP contribution is 2.45. The van der Waals surface area contributed by atoms with Crippen molar-refractivity contribution in [3.05, 3.63) is 22.2 Å². The van der Waals surface area contributed by atoms with Crippen LogP contribution in [0.1, 0.15) is 12.5 Å². The number of carbonyl (C=O) groups is 1. The van der Waals surface area contributed by atoms with Gasteiger partial charge in [-0.3, -0.25) is 0 Å². The Morgan fingerprint density at radius 1 is 1.21 bits per heavy atom. The van der Waals surface area contributed by atoms with Crippen LogP contribution in [0.4, 0.5) is 30.7 Å². The summed E-state index contributed by atoms with van der Waals surface area (Å²) >= 11 is 3.01. The monoisotopic (exact) mass is 484 g/mol. The summed E-state index contributed by atoms with van der Waals surface area (Å²) in [5.74, 6) is -7.75. The van der Waals surface area contributed by atoms with E-state index >= 15 is 0 Å². The van der Waals surface area contributed by atoms with Crippen molar-refractivity contribution in [1.82, 2.24) is 5.43 Å². The van der Waals surface area contributed by atoms with Gasteiger partial charge in [0.1, 0.15) is 0 Å². The van der Waals surface area contributed by atoms with Crippen LogP contribution in [0.15, 0.2) is 21.7 Å². The van der Waals surface area contributed by atoms with Crippen LogP contribution in [0.5, 0.6) is 11.5 Å². The Kier molecular flexibility index (Phi) is 7.51. The van der Waals surface area contributed by atoms with Gasteiger partial charge in [-0.1, -0.05) is 0 Å². The Labute approximate surface area is 161 Å². The van der Waals surface area contributed by atoms with Gasteiger partial charge in [0, 0.05) is 0 Å². The van der Waals surface area contributed by atoms with E-state index in [4.69, 9.17) is 14.6 Å². The normalized spacial score (nSPS) is 12.9. The molecule has 0 atom stereocenters. The topological polar surface area (TPSA) is 80.1 Å². The van der Waals surface area contributed by atoms with Gasteiger partial charge in [-0.15, -0.1) is 0 Å². The molecule has 6 nitrogen and oxygen atoms in total. The van der Waals surface area contributed by atoms with Gasteiger partial charge in [-0.25, -0.2) is 10.2 Å². The van der Waals surface area contributed by atoms with Gasteiger partial charge in [0.2, 0.25) is 0 Å². The predicted molar refractivity (Wildman–Crippen MR) is 85.1 cm³/mol. The zero-order valence-corrected chi connectivity index (χ0v) is 15.4. The minimum absolute atomic E-state index is 0.0491. The summed E-state index contributed by atoms with van der Waals surface area (Å²) in [5.41, 5.74) is 0.422. The molecule has 0 aliphatic rings. The van der Waals surface area contributed by atoms with E-state index in [1.165, 1.54) is 0 Å². The quantitative estimate of drug-likeness (QED) is 0.239. The van der Waals surface area contributed by atoms with Crippen molar-refractivity contribution in [2.45, 2.75) is 25.1 Å². The third kappa shape index (κ3) is 5.62. The van der Waals surface area contributed by atoms with Crippen molar-refractivity contribution < 1.29 is 50.1 Å². The van der Waals surface area contributed by atoms with E-state index in [1.807, 2.05) is 0 Å². The van der Waals surface area contributed by atoms with Crippen molar-refractivity contribution in [3.63, 3.8) is 0 Å². The zero-order chi connectivity index (χ0) is 21.8. The number of hydrazone groups is 1. The van der Waals surface area contributed by atoms with Crippen LogP contribution in [0.2, 0.25) is 0 Å². The van der Waals surface area contributed by atoms with Crippen LogP contribution in [0.3, 0.4) is 0 Å². The molecule has 0 spiro atoms. The van der Waals surface area contributed by atoms with Crippen molar-refractivity contribution in [2.75, 3.05) is 13.2 Å². The smallest absolute Gasteiger partial charge is 0.462 e. The van der Waals surface area contributed by atoms with Gasteiger partial charge >= 0.3 is 24.1 Å². The summed E-state index contributed by atoms with van der Waals surface area (Å²) in [5, 5.41) is 11.4. The summed E-state index contributed by atoms with van der Waals surface area (Å²) in [4.78, 5) is 10.6. The first-order valence-corrected chi connectivity index (χ1v) is 7.95. The lowest BCUT2D eigenvalue weighted by Crippen LogP contribution is -2.58. The lowest BCUT2D eigenvalue weighted by Gasteiger charge is -2.27. The molecule has 0 saturated carbocycles. The molecule has 0 aliphatic heterocycles. The molecule has 0 saturated heterocycles. The lowest BCUT2D eigenvalue weighted by atomic mass is 10.2. The van der Waals surface area contributed by atoms with Gasteiger partial charge < -0.3 is 14.6 Å². The highest BCUT2D eigenvalue weighted by Gasteiger charge is 2.73. The van der Waals surface area contributed by atoms with E-state index in [0.717, 1.165) is 12.1 Å². The molecule has 0 radical (unpaired) electrons. The molecule has 0 bridgehead atoms.